The summed E-state index contributed by atoms with van der Waals surface area (Å²) in [5, 5.41) is 4.41. The molecule has 0 radical (unpaired) electrons. The van der Waals surface area contributed by atoms with Gasteiger partial charge in [0.1, 0.15) is 0 Å². The van der Waals surface area contributed by atoms with Crippen molar-refractivity contribution in [3.05, 3.63) is 53.9 Å². The maximum Gasteiger partial charge on any atom is 0.0764 e. The van der Waals surface area contributed by atoms with Crippen LogP contribution in [0.4, 0.5) is 0 Å². The Morgan fingerprint density at radius 3 is 2.56 bits per heavy atom. The molecule has 0 spiro atoms. The van der Waals surface area contributed by atoms with Crippen LogP contribution in [0.5, 0.6) is 0 Å². The van der Waals surface area contributed by atoms with E-state index in [9.17, 15) is 0 Å². The molecule has 96 valence electrons. The highest BCUT2D eigenvalue weighted by Gasteiger charge is 2.08. The lowest BCUT2D eigenvalue weighted by Gasteiger charge is -2.20. The van der Waals surface area contributed by atoms with Crippen LogP contribution in [0.1, 0.15) is 11.3 Å². The molecule has 2 aromatic rings. The molecule has 0 bridgehead atoms. The van der Waals surface area contributed by atoms with Crippen LogP contribution in [0.15, 0.2) is 42.6 Å². The van der Waals surface area contributed by atoms with Gasteiger partial charge in [0.25, 0.3) is 0 Å². The molecule has 0 aliphatic rings. The van der Waals surface area contributed by atoms with E-state index in [1.165, 1.54) is 5.56 Å². The molecule has 0 aliphatic heterocycles. The Kier molecular flexibility index (Phi) is 4.79. The van der Waals surface area contributed by atoms with Crippen molar-refractivity contribution < 1.29 is 0 Å². The zero-order chi connectivity index (χ0) is 12.8. The number of aromatic nitrogens is 2. The Morgan fingerprint density at radius 1 is 1.17 bits per heavy atom. The fourth-order valence-electron chi connectivity index (χ4n) is 1.95. The van der Waals surface area contributed by atoms with E-state index >= 15 is 0 Å². The molecule has 2 rings (SSSR count). The van der Waals surface area contributed by atoms with Gasteiger partial charge in [0.2, 0.25) is 0 Å². The second-order valence-electron chi connectivity index (χ2n) is 4.37. The van der Waals surface area contributed by atoms with Crippen LogP contribution >= 0.6 is 11.6 Å². The second-order valence-corrected chi connectivity index (χ2v) is 4.74. The summed E-state index contributed by atoms with van der Waals surface area (Å²) < 4.78 is 1.83. The van der Waals surface area contributed by atoms with Gasteiger partial charge >= 0.3 is 0 Å². The number of hydrogen-bond donors (Lipinski definition) is 0. The summed E-state index contributed by atoms with van der Waals surface area (Å²) in [6.07, 6.45) is 1.97. The van der Waals surface area contributed by atoms with Crippen molar-refractivity contribution in [1.82, 2.24) is 14.7 Å². The highest BCUT2D eigenvalue weighted by molar-refractivity contribution is 6.18. The Morgan fingerprint density at radius 2 is 1.94 bits per heavy atom. The van der Waals surface area contributed by atoms with E-state index in [1.807, 2.05) is 30.1 Å². The van der Waals surface area contributed by atoms with Crippen LogP contribution in [-0.4, -0.2) is 27.1 Å². The molecule has 0 atom stereocenters. The van der Waals surface area contributed by atoms with Crippen molar-refractivity contribution >= 4 is 11.6 Å². The average molecular weight is 264 g/mol. The van der Waals surface area contributed by atoms with Gasteiger partial charge in [-0.1, -0.05) is 30.3 Å². The molecule has 1 heterocycles. The van der Waals surface area contributed by atoms with Crippen LogP contribution in [-0.2, 0) is 20.1 Å². The zero-order valence-corrected chi connectivity index (χ0v) is 11.3. The average Bonchev–Trinajstić information content (AvgIpc) is 2.76. The standard InChI is InChI=1S/C14H18ClN3/c1-17-9-7-14(16-17)12-18(10-8-15)11-13-5-3-2-4-6-13/h2-7,9H,8,10-12H2,1H3. The Balaban J connectivity index is 1.99. The first-order valence-corrected chi connectivity index (χ1v) is 6.62. The Labute approximate surface area is 113 Å². The number of rotatable bonds is 6. The van der Waals surface area contributed by atoms with Crippen LogP contribution in [0.2, 0.25) is 0 Å². The quantitative estimate of drug-likeness (QED) is 0.747. The molecule has 3 nitrogen and oxygen atoms in total. The van der Waals surface area contributed by atoms with Crippen molar-refractivity contribution in [2.75, 3.05) is 12.4 Å². The third-order valence-electron chi connectivity index (χ3n) is 2.80. The van der Waals surface area contributed by atoms with Gasteiger partial charge in [0, 0.05) is 38.8 Å². The predicted octanol–water partition coefficient (Wildman–Crippen LogP) is 2.66. The summed E-state index contributed by atoms with van der Waals surface area (Å²) in [6, 6.07) is 12.5. The SMILES string of the molecule is Cn1ccc(CN(CCCl)Cc2ccccc2)n1. The smallest absolute Gasteiger partial charge is 0.0764 e. The Hall–Kier alpha value is -1.32. The van der Waals surface area contributed by atoms with Crippen molar-refractivity contribution in [2.24, 2.45) is 7.05 Å². The molecule has 4 heteroatoms. The molecule has 0 amide bonds. The third kappa shape index (κ3) is 3.86. The second kappa shape index (κ2) is 6.57. The fourth-order valence-corrected chi connectivity index (χ4v) is 2.19. The highest BCUT2D eigenvalue weighted by atomic mass is 35.5. The first-order chi connectivity index (χ1) is 8.78. The van der Waals surface area contributed by atoms with Crippen molar-refractivity contribution in [1.29, 1.82) is 0 Å². The number of benzene rings is 1. The molecule has 0 unspecified atom stereocenters. The van der Waals surface area contributed by atoms with E-state index in [1.54, 1.807) is 0 Å². The van der Waals surface area contributed by atoms with Crippen LogP contribution in [0.25, 0.3) is 0 Å². The summed E-state index contributed by atoms with van der Waals surface area (Å²) in [5.74, 6) is 0.639. The van der Waals surface area contributed by atoms with E-state index in [0.29, 0.717) is 5.88 Å². The lowest BCUT2D eigenvalue weighted by Crippen LogP contribution is -2.25. The van der Waals surface area contributed by atoms with E-state index < -0.39 is 0 Å². The molecule has 1 aromatic carbocycles. The molecular formula is C14H18ClN3. The van der Waals surface area contributed by atoms with Gasteiger partial charge in [-0.25, -0.2) is 0 Å². The summed E-state index contributed by atoms with van der Waals surface area (Å²) in [5.41, 5.74) is 2.39. The van der Waals surface area contributed by atoms with Crippen molar-refractivity contribution in [3.63, 3.8) is 0 Å². The minimum absolute atomic E-state index is 0.639. The van der Waals surface area contributed by atoms with Crippen LogP contribution in [0, 0.1) is 0 Å². The first kappa shape index (κ1) is 13.1. The summed E-state index contributed by atoms with van der Waals surface area (Å²) in [6.45, 7) is 2.61. The van der Waals surface area contributed by atoms with E-state index in [-0.39, 0.29) is 0 Å². The van der Waals surface area contributed by atoms with Gasteiger partial charge in [-0.15, -0.1) is 11.6 Å². The molecule has 0 saturated carbocycles. The van der Waals surface area contributed by atoms with Gasteiger partial charge in [-0.2, -0.15) is 5.10 Å². The van der Waals surface area contributed by atoms with Crippen LogP contribution in [0.3, 0.4) is 0 Å². The molecular weight excluding hydrogens is 246 g/mol. The maximum atomic E-state index is 5.87. The lowest BCUT2D eigenvalue weighted by molar-refractivity contribution is 0.269. The fraction of sp³-hybridized carbons (Fsp3) is 0.357. The first-order valence-electron chi connectivity index (χ1n) is 6.08. The lowest BCUT2D eigenvalue weighted by atomic mass is 10.2. The largest absolute Gasteiger partial charge is 0.292 e. The number of halogens is 1. The Bertz CT molecular complexity index is 467. The maximum absolute atomic E-state index is 5.87. The number of alkyl halides is 1. The van der Waals surface area contributed by atoms with Gasteiger partial charge in [0.05, 0.1) is 5.69 Å². The van der Waals surface area contributed by atoms with Crippen molar-refractivity contribution in [3.8, 4) is 0 Å². The number of aryl methyl sites for hydroxylation is 1. The molecule has 0 aliphatic carbocycles. The molecule has 0 saturated heterocycles. The molecule has 0 fully saturated rings. The topological polar surface area (TPSA) is 21.1 Å². The van der Waals surface area contributed by atoms with Crippen molar-refractivity contribution in [2.45, 2.75) is 13.1 Å². The van der Waals surface area contributed by atoms with Gasteiger partial charge in [-0.05, 0) is 11.6 Å². The zero-order valence-electron chi connectivity index (χ0n) is 10.6. The summed E-state index contributed by atoms with van der Waals surface area (Å²) >= 11 is 5.87. The number of hydrogen-bond acceptors (Lipinski definition) is 2. The highest BCUT2D eigenvalue weighted by Crippen LogP contribution is 2.08. The van der Waals surface area contributed by atoms with E-state index in [2.05, 4.69) is 34.3 Å². The molecule has 0 N–H and O–H groups in total. The van der Waals surface area contributed by atoms with E-state index in [4.69, 9.17) is 11.6 Å². The minimum Gasteiger partial charge on any atom is -0.292 e. The minimum atomic E-state index is 0.639. The van der Waals surface area contributed by atoms with Gasteiger partial charge < -0.3 is 0 Å². The van der Waals surface area contributed by atoms with E-state index in [0.717, 1.165) is 25.3 Å². The normalized spacial score (nSPS) is 11.1. The number of nitrogens with zero attached hydrogens (tertiary/aromatic N) is 3. The molecule has 1 aromatic heterocycles. The molecule has 18 heavy (non-hydrogen) atoms. The predicted molar refractivity (Wildman–Crippen MR) is 74.5 cm³/mol. The van der Waals surface area contributed by atoms with Gasteiger partial charge in [-0.3, -0.25) is 9.58 Å². The summed E-state index contributed by atoms with van der Waals surface area (Å²) in [7, 11) is 1.94. The monoisotopic (exact) mass is 263 g/mol. The van der Waals surface area contributed by atoms with Crippen LogP contribution < -0.4 is 0 Å². The third-order valence-corrected chi connectivity index (χ3v) is 2.97. The summed E-state index contributed by atoms with van der Waals surface area (Å²) in [4.78, 5) is 2.31. The van der Waals surface area contributed by atoms with Gasteiger partial charge in [0.15, 0.2) is 0 Å².